The van der Waals surface area contributed by atoms with Crippen LogP contribution in [0.2, 0.25) is 0 Å². The van der Waals surface area contributed by atoms with Gasteiger partial charge in [0.2, 0.25) is 5.91 Å². The second-order valence-corrected chi connectivity index (χ2v) is 9.41. The summed E-state index contributed by atoms with van der Waals surface area (Å²) >= 11 is 1.67. The van der Waals surface area contributed by atoms with Gasteiger partial charge in [0.15, 0.2) is 5.96 Å². The minimum absolute atomic E-state index is 0. The van der Waals surface area contributed by atoms with Gasteiger partial charge in [-0.05, 0) is 19.8 Å². The predicted molar refractivity (Wildman–Crippen MR) is 129 cm³/mol. The summed E-state index contributed by atoms with van der Waals surface area (Å²) in [5, 5.41) is 10.0. The molecule has 8 heteroatoms. The van der Waals surface area contributed by atoms with Crippen LogP contribution >= 0.6 is 35.3 Å². The number of halogens is 1. The number of carbonyl (C=O) groups is 1. The van der Waals surface area contributed by atoms with Gasteiger partial charge in [-0.3, -0.25) is 4.79 Å². The maximum atomic E-state index is 12.1. The van der Waals surface area contributed by atoms with E-state index in [1.807, 2.05) is 18.7 Å². The van der Waals surface area contributed by atoms with Crippen molar-refractivity contribution in [3.63, 3.8) is 0 Å². The lowest BCUT2D eigenvalue weighted by Gasteiger charge is -2.34. The summed E-state index contributed by atoms with van der Waals surface area (Å²) in [4.78, 5) is 23.5. The fraction of sp³-hybridized carbons (Fsp3) is 0.750. The standard InChI is InChI=1S/C20H35N5OS.HI/c1-7-21-19(22-12-17-24-16(13-27-17)20(4,5)6)23-15-8-10-25(11-9-15)18(26)14(2)3;/h13-15H,7-12H2,1-6H3,(H2,21,22,23);1H. The molecule has 2 N–H and O–H groups in total. The van der Waals surface area contributed by atoms with Crippen LogP contribution in [-0.2, 0) is 16.8 Å². The summed E-state index contributed by atoms with van der Waals surface area (Å²) < 4.78 is 0. The Morgan fingerprint density at radius 3 is 2.50 bits per heavy atom. The Kier molecular flexibility index (Phi) is 10.2. The number of amides is 1. The zero-order valence-corrected chi connectivity index (χ0v) is 21.2. The Bertz CT molecular complexity index is 645. The number of aliphatic imine (C=N–C) groups is 1. The molecule has 2 heterocycles. The fourth-order valence-corrected chi connectivity index (χ4v) is 3.94. The van der Waals surface area contributed by atoms with Crippen molar-refractivity contribution in [1.82, 2.24) is 20.5 Å². The van der Waals surface area contributed by atoms with Crippen molar-refractivity contribution in [2.75, 3.05) is 19.6 Å². The molecule has 1 aliphatic rings. The van der Waals surface area contributed by atoms with E-state index in [0.717, 1.165) is 49.1 Å². The molecule has 1 aromatic rings. The van der Waals surface area contributed by atoms with E-state index in [0.29, 0.717) is 12.6 Å². The summed E-state index contributed by atoms with van der Waals surface area (Å²) in [6.45, 7) is 15.6. The highest BCUT2D eigenvalue weighted by atomic mass is 127. The van der Waals surface area contributed by atoms with Crippen LogP contribution in [0.4, 0.5) is 0 Å². The topological polar surface area (TPSA) is 69.6 Å². The summed E-state index contributed by atoms with van der Waals surface area (Å²) in [6, 6.07) is 0.348. The number of thiazole rings is 1. The molecule has 0 bridgehead atoms. The Morgan fingerprint density at radius 2 is 2.00 bits per heavy atom. The molecule has 1 aliphatic heterocycles. The van der Waals surface area contributed by atoms with Crippen molar-refractivity contribution in [1.29, 1.82) is 0 Å². The first-order valence-electron chi connectivity index (χ1n) is 9.99. The number of piperidine rings is 1. The molecule has 0 saturated carbocycles. The fourth-order valence-electron chi connectivity index (χ4n) is 3.00. The molecular weight excluding hydrogens is 485 g/mol. The number of nitrogens with zero attached hydrogens (tertiary/aromatic N) is 3. The van der Waals surface area contributed by atoms with Gasteiger partial charge in [-0.25, -0.2) is 9.98 Å². The molecule has 0 spiro atoms. The van der Waals surface area contributed by atoms with E-state index >= 15 is 0 Å². The van der Waals surface area contributed by atoms with Crippen molar-refractivity contribution in [2.45, 2.75) is 72.4 Å². The van der Waals surface area contributed by atoms with Gasteiger partial charge in [-0.15, -0.1) is 35.3 Å². The number of likely N-dealkylation sites (tertiary alicyclic amines) is 1. The number of rotatable bonds is 5. The van der Waals surface area contributed by atoms with Crippen LogP contribution < -0.4 is 10.6 Å². The highest BCUT2D eigenvalue weighted by Crippen LogP contribution is 2.24. The SMILES string of the molecule is CCNC(=NCc1nc(C(C)(C)C)cs1)NC1CCN(C(=O)C(C)C)CC1.I. The third kappa shape index (κ3) is 7.50. The molecule has 6 nitrogen and oxygen atoms in total. The number of aromatic nitrogens is 1. The lowest BCUT2D eigenvalue weighted by Crippen LogP contribution is -2.50. The second kappa shape index (κ2) is 11.3. The first-order valence-corrected chi connectivity index (χ1v) is 10.9. The number of nitrogens with one attached hydrogen (secondary N) is 2. The molecule has 1 saturated heterocycles. The van der Waals surface area contributed by atoms with Crippen molar-refractivity contribution in [3.05, 3.63) is 16.1 Å². The van der Waals surface area contributed by atoms with Crippen molar-refractivity contribution in [3.8, 4) is 0 Å². The first-order chi connectivity index (χ1) is 12.7. The van der Waals surface area contributed by atoms with Gasteiger partial charge in [-0.2, -0.15) is 0 Å². The maximum Gasteiger partial charge on any atom is 0.225 e. The smallest absolute Gasteiger partial charge is 0.225 e. The summed E-state index contributed by atoms with van der Waals surface area (Å²) in [5.74, 6) is 1.16. The van der Waals surface area contributed by atoms with Gasteiger partial charge < -0.3 is 15.5 Å². The van der Waals surface area contributed by atoms with Crippen LogP contribution in [0.5, 0.6) is 0 Å². The highest BCUT2D eigenvalue weighted by Gasteiger charge is 2.24. The minimum Gasteiger partial charge on any atom is -0.357 e. The Hall–Kier alpha value is -0.900. The van der Waals surface area contributed by atoms with E-state index in [9.17, 15) is 4.79 Å². The Balaban J connectivity index is 0.00000392. The summed E-state index contributed by atoms with van der Waals surface area (Å²) in [6.07, 6.45) is 1.91. The van der Waals surface area contributed by atoms with E-state index in [1.165, 1.54) is 0 Å². The molecule has 0 atom stereocenters. The third-order valence-electron chi connectivity index (χ3n) is 4.68. The molecule has 0 unspecified atom stereocenters. The average Bonchev–Trinajstić information content (AvgIpc) is 3.09. The number of guanidine groups is 1. The molecule has 0 aliphatic carbocycles. The van der Waals surface area contributed by atoms with Crippen LogP contribution in [0.3, 0.4) is 0 Å². The molecule has 0 radical (unpaired) electrons. The average molecular weight is 522 g/mol. The molecule has 160 valence electrons. The number of hydrogen-bond donors (Lipinski definition) is 2. The van der Waals surface area contributed by atoms with Crippen molar-refractivity contribution in [2.24, 2.45) is 10.9 Å². The van der Waals surface area contributed by atoms with Gasteiger partial charge in [0.1, 0.15) is 5.01 Å². The summed E-state index contributed by atoms with van der Waals surface area (Å²) in [7, 11) is 0. The molecule has 1 fully saturated rings. The van der Waals surface area contributed by atoms with Crippen LogP contribution in [0.15, 0.2) is 10.4 Å². The van der Waals surface area contributed by atoms with Gasteiger partial charge in [0, 0.05) is 42.4 Å². The quantitative estimate of drug-likeness (QED) is 0.352. The van der Waals surface area contributed by atoms with E-state index in [-0.39, 0.29) is 41.2 Å². The third-order valence-corrected chi connectivity index (χ3v) is 5.51. The number of hydrogen-bond acceptors (Lipinski definition) is 4. The molecule has 2 rings (SSSR count). The lowest BCUT2D eigenvalue weighted by molar-refractivity contribution is -0.135. The zero-order valence-electron chi connectivity index (χ0n) is 18.0. The monoisotopic (exact) mass is 521 g/mol. The van der Waals surface area contributed by atoms with E-state index < -0.39 is 0 Å². The van der Waals surface area contributed by atoms with Gasteiger partial charge in [0.25, 0.3) is 0 Å². The number of carbonyl (C=O) groups excluding carboxylic acids is 1. The highest BCUT2D eigenvalue weighted by molar-refractivity contribution is 14.0. The van der Waals surface area contributed by atoms with E-state index in [1.54, 1.807) is 11.3 Å². The predicted octanol–water partition coefficient (Wildman–Crippen LogP) is 3.76. The van der Waals surface area contributed by atoms with Gasteiger partial charge in [0.05, 0.1) is 12.2 Å². The normalized spacial score (nSPS) is 16.1. The first kappa shape index (κ1) is 25.1. The molecule has 0 aromatic carbocycles. The Labute approximate surface area is 191 Å². The van der Waals surface area contributed by atoms with Crippen LogP contribution in [0, 0.1) is 5.92 Å². The Morgan fingerprint density at radius 1 is 1.36 bits per heavy atom. The molecule has 1 aromatic heterocycles. The lowest BCUT2D eigenvalue weighted by atomic mass is 9.93. The second-order valence-electron chi connectivity index (χ2n) is 8.47. The largest absolute Gasteiger partial charge is 0.357 e. The van der Waals surface area contributed by atoms with Crippen LogP contribution in [0.1, 0.15) is 65.1 Å². The van der Waals surface area contributed by atoms with Gasteiger partial charge >= 0.3 is 0 Å². The molecule has 1 amide bonds. The van der Waals surface area contributed by atoms with Crippen molar-refractivity contribution >= 4 is 47.2 Å². The summed E-state index contributed by atoms with van der Waals surface area (Å²) in [5.41, 5.74) is 1.20. The van der Waals surface area contributed by atoms with Crippen LogP contribution in [-0.4, -0.2) is 47.4 Å². The van der Waals surface area contributed by atoms with E-state index in [2.05, 4.69) is 43.7 Å². The molecular formula is C20H36IN5OS. The van der Waals surface area contributed by atoms with Crippen molar-refractivity contribution < 1.29 is 4.79 Å². The molecule has 28 heavy (non-hydrogen) atoms. The zero-order chi connectivity index (χ0) is 20.0. The maximum absolute atomic E-state index is 12.1. The van der Waals surface area contributed by atoms with Gasteiger partial charge in [-0.1, -0.05) is 34.6 Å². The minimum atomic E-state index is 0. The van der Waals surface area contributed by atoms with Crippen LogP contribution in [0.25, 0.3) is 0 Å². The van der Waals surface area contributed by atoms with E-state index in [4.69, 9.17) is 9.98 Å².